The van der Waals surface area contributed by atoms with E-state index in [1.54, 1.807) is 45.0 Å². The van der Waals surface area contributed by atoms with Crippen molar-refractivity contribution in [1.29, 1.82) is 0 Å². The molecule has 2 aromatic rings. The van der Waals surface area contributed by atoms with Crippen LogP contribution in [0.5, 0.6) is 0 Å². The van der Waals surface area contributed by atoms with Gasteiger partial charge in [0.2, 0.25) is 65.0 Å². The monoisotopic (exact) mass is 1770 g/mol. The molecule has 684 valence electrons. The summed E-state index contributed by atoms with van der Waals surface area (Å²) >= 11 is 2.56. The van der Waals surface area contributed by atoms with Crippen LogP contribution in [0.1, 0.15) is 133 Å². The fourth-order valence-electron chi connectivity index (χ4n) is 14.3. The van der Waals surface area contributed by atoms with Crippen LogP contribution in [0.2, 0.25) is 0 Å². The largest absolute Gasteiger partial charge is 0.481 e. The van der Waals surface area contributed by atoms with Gasteiger partial charge in [-0.15, -0.1) is 0 Å². The number of ketones is 1. The van der Waals surface area contributed by atoms with Gasteiger partial charge in [-0.3, -0.25) is 96.3 Å². The van der Waals surface area contributed by atoms with E-state index < -0.39 is 157 Å². The van der Waals surface area contributed by atoms with Gasteiger partial charge in [0.05, 0.1) is 65.1 Å². The number of carboxylic acids is 4. The average molecular weight is 1770 g/mol. The lowest BCUT2D eigenvalue weighted by Crippen LogP contribution is -2.62. The van der Waals surface area contributed by atoms with E-state index in [1.165, 1.54) is 40.2 Å². The molecule has 2 aromatic carbocycles. The lowest BCUT2D eigenvalue weighted by molar-refractivity contribution is -0.148. The molecule has 0 unspecified atom stereocenters. The Hall–Kier alpha value is -9.46. The van der Waals surface area contributed by atoms with Crippen molar-refractivity contribution < 1.29 is 116 Å². The Bertz CT molecular complexity index is 3770. The molecule has 3 fully saturated rings. The molecule has 6 rings (SSSR count). The number of fused-ring (bicyclic) bond motifs is 4. The maximum absolute atomic E-state index is 15.2. The number of primary amides is 1. The number of carbonyl (C=O) groups excluding carboxylic acids is 12. The summed E-state index contributed by atoms with van der Waals surface area (Å²) in [6.07, 6.45) is 0.667. The summed E-state index contributed by atoms with van der Waals surface area (Å²) in [7, 11) is 0. The van der Waals surface area contributed by atoms with Crippen molar-refractivity contribution in [3.63, 3.8) is 0 Å². The number of nitrogens with two attached hydrogens (primary N) is 1. The number of nitrogens with zero attached hydrogens (tertiary/aromatic N) is 6. The number of aliphatic hydroxyl groups is 1. The Morgan fingerprint density at radius 2 is 1.07 bits per heavy atom. The number of benzene rings is 2. The average Bonchev–Trinajstić information content (AvgIpc) is 1.66. The summed E-state index contributed by atoms with van der Waals surface area (Å²) in [6.45, 7) is 6.57. The SMILES string of the molecule is CCCC[C@H](NC(=O)CCC(=O)CCCCOCCOCCOCCCNC(=O)CN1CCN(CC(=O)O)CCN(CC(=O)O)CCN(CC(=O)O)CC1)C(=O)N[C@H]1CSCc2cccc(c2)CSC[C@@H](C(=O)NCCC(=O)O)NC(=O)[C@H](Cc2ccccc2)NC(=O)[C@H](CCC(N)=O)NC(=O)[C@H]([C@@H](C)O)NC(=O)[C@@H]2CCCN2C(=O)[C@@H]2CCCN2C1=O. The van der Waals surface area contributed by atoms with Crippen LogP contribution in [-0.4, -0.2) is 360 Å². The normalized spacial score (nSPS) is 21.4. The zero-order valence-corrected chi connectivity index (χ0v) is 72.0. The molecule has 2 bridgehead atoms. The minimum Gasteiger partial charge on any atom is -0.481 e. The number of thioether (sulfide) groups is 2. The highest BCUT2D eigenvalue weighted by atomic mass is 32.2. The summed E-state index contributed by atoms with van der Waals surface area (Å²) in [5, 5.41) is 70.5. The molecule has 0 radical (unpaired) electrons. The maximum Gasteiger partial charge on any atom is 0.317 e. The molecule has 4 aliphatic rings. The number of amides is 11. The van der Waals surface area contributed by atoms with E-state index in [0.717, 1.165) is 11.1 Å². The van der Waals surface area contributed by atoms with Gasteiger partial charge in [-0.2, -0.15) is 23.5 Å². The van der Waals surface area contributed by atoms with Gasteiger partial charge in [0, 0.05) is 147 Å². The third-order valence-electron chi connectivity index (χ3n) is 21.0. The van der Waals surface area contributed by atoms with E-state index in [-0.39, 0.29) is 179 Å². The smallest absolute Gasteiger partial charge is 0.317 e. The highest BCUT2D eigenvalue weighted by Gasteiger charge is 2.45. The highest BCUT2D eigenvalue weighted by Crippen LogP contribution is 2.28. The van der Waals surface area contributed by atoms with E-state index in [1.807, 2.05) is 36.1 Å². The topological polar surface area (TPSA) is 544 Å². The molecule has 0 saturated carbocycles. The van der Waals surface area contributed by atoms with Gasteiger partial charge < -0.3 is 97.8 Å². The summed E-state index contributed by atoms with van der Waals surface area (Å²) < 4.78 is 17.0. The van der Waals surface area contributed by atoms with Crippen LogP contribution in [0.25, 0.3) is 0 Å². The van der Waals surface area contributed by atoms with E-state index in [2.05, 4.69) is 42.5 Å². The lowest BCUT2D eigenvalue weighted by atomic mass is 10.0. The Morgan fingerprint density at radius 1 is 0.528 bits per heavy atom. The molecular formula is C82H125N15O24S2. The molecule has 123 heavy (non-hydrogen) atoms. The van der Waals surface area contributed by atoms with Crippen molar-refractivity contribution >= 4 is 118 Å². The van der Waals surface area contributed by atoms with Crippen molar-refractivity contribution in [2.24, 2.45) is 5.73 Å². The number of aliphatic hydroxyl groups excluding tert-OH is 1. The van der Waals surface area contributed by atoms with Crippen LogP contribution in [0, 0.1) is 0 Å². The molecule has 0 aliphatic carbocycles. The van der Waals surface area contributed by atoms with Gasteiger partial charge in [0.1, 0.15) is 54.1 Å². The Morgan fingerprint density at radius 3 is 1.64 bits per heavy atom. The fraction of sp³-hybridized carbons (Fsp3) is 0.659. The zero-order valence-electron chi connectivity index (χ0n) is 70.4. The second-order valence-corrected chi connectivity index (χ2v) is 33.0. The minimum atomic E-state index is -1.76. The van der Waals surface area contributed by atoms with E-state index in [4.69, 9.17) is 19.9 Å². The number of nitrogens with one attached hydrogen (secondary N) is 8. The number of carbonyl (C=O) groups is 16. The van der Waals surface area contributed by atoms with Crippen LogP contribution >= 0.6 is 23.5 Å². The van der Waals surface area contributed by atoms with Gasteiger partial charge in [0.15, 0.2) is 0 Å². The first-order valence-corrected chi connectivity index (χ1v) is 44.5. The second kappa shape index (κ2) is 56.4. The number of carboxylic acid groups (broad SMARTS) is 4. The molecule has 0 spiro atoms. The van der Waals surface area contributed by atoms with Crippen molar-refractivity contribution in [3.8, 4) is 0 Å². The van der Waals surface area contributed by atoms with Crippen molar-refractivity contribution in [1.82, 2.24) is 71.9 Å². The molecule has 41 heteroatoms. The Kier molecular flexibility index (Phi) is 46.9. The molecule has 4 aliphatic heterocycles. The number of unbranched alkanes of at least 4 members (excludes halogenated alkanes) is 2. The Balaban J connectivity index is 1.02. The van der Waals surface area contributed by atoms with Crippen LogP contribution in [0.15, 0.2) is 54.6 Å². The number of hydrogen-bond donors (Lipinski definition) is 14. The summed E-state index contributed by atoms with van der Waals surface area (Å²) in [5.41, 5.74) is 7.68. The standard InChI is InChI=1S/C82H125N15O24S2/c1-3-4-19-60(86-68(101)25-22-59(99)18-8-9-39-119-41-43-121-44-42-120-40-13-27-84-69(102)47-92-31-33-93(48-71(105)106)35-37-95(50-73(109)110)38-36-94(34-32-92)49-72(107)108)76(112)90-64-54-123-52-58-17-10-16-57(45-58)51-122-53-63(75(111)85-28-26-70(103)104)89-78(114)62(46-56-14-6-5-7-15-56)88-77(113)61(23-24-67(83)100)87-80(116)74(55(2)98)91-79(115)65-20-11-29-96(65)82(118)66-21-12-30-97(66)81(64)117/h5-7,10,14-17,45,55,60-66,74,98H,3-4,8-9,11-13,18-44,46-54H2,1-2H3,(H2,83,100)(H,84,102)(H,85,111)(H,86,101)(H,87,116)(H,88,113)(H,89,114)(H,90,112)(H,91,115)(H,103,104)(H,105,106)(H,107,108)(H,109,110)/t55-,60+,61+,62+,63+,64+,65+,66+,74+/m1/s1. The fourth-order valence-corrected chi connectivity index (χ4v) is 16.3. The number of aliphatic carboxylic acids is 4. The summed E-state index contributed by atoms with van der Waals surface area (Å²) in [6, 6.07) is 5.11. The number of hydrogen-bond acceptors (Lipinski definition) is 26. The van der Waals surface area contributed by atoms with E-state index in [0.29, 0.717) is 95.7 Å². The number of ether oxygens (including phenoxy) is 3. The highest BCUT2D eigenvalue weighted by molar-refractivity contribution is 7.98. The third-order valence-corrected chi connectivity index (χ3v) is 23.2. The number of Topliss-reactive ketones (excluding diaryl/α,β-unsaturated/α-hetero) is 1. The van der Waals surface area contributed by atoms with Gasteiger partial charge in [-0.1, -0.05) is 74.4 Å². The van der Waals surface area contributed by atoms with Gasteiger partial charge >= 0.3 is 23.9 Å². The molecule has 4 heterocycles. The van der Waals surface area contributed by atoms with Crippen molar-refractivity contribution in [3.05, 3.63) is 71.3 Å². The second-order valence-electron chi connectivity index (χ2n) is 30.9. The third kappa shape index (κ3) is 39.5. The van der Waals surface area contributed by atoms with E-state index in [9.17, 15) is 97.5 Å². The summed E-state index contributed by atoms with van der Waals surface area (Å²) in [5.74, 6) is -12.0. The molecule has 3 saturated heterocycles. The molecule has 15 N–H and O–H groups in total. The predicted molar refractivity (Wildman–Crippen MR) is 452 cm³/mol. The van der Waals surface area contributed by atoms with Crippen LogP contribution in [0.4, 0.5) is 0 Å². The van der Waals surface area contributed by atoms with Gasteiger partial charge in [-0.05, 0) is 81.4 Å². The van der Waals surface area contributed by atoms with E-state index >= 15 is 4.79 Å². The molecule has 11 amide bonds. The first-order valence-electron chi connectivity index (χ1n) is 42.2. The van der Waals surface area contributed by atoms with Gasteiger partial charge in [-0.25, -0.2) is 0 Å². The zero-order chi connectivity index (χ0) is 89.6. The first-order chi connectivity index (χ1) is 59.0. The van der Waals surface area contributed by atoms with Crippen molar-refractivity contribution in [2.75, 3.05) is 156 Å². The lowest BCUT2D eigenvalue weighted by Gasteiger charge is -2.34. The quantitative estimate of drug-likeness (QED) is 0.0329. The maximum atomic E-state index is 15.2. The van der Waals surface area contributed by atoms with Crippen LogP contribution < -0.4 is 48.3 Å². The molecule has 0 aromatic heterocycles. The van der Waals surface area contributed by atoms with Crippen LogP contribution in [0.3, 0.4) is 0 Å². The minimum absolute atomic E-state index is 0.00915. The van der Waals surface area contributed by atoms with Crippen molar-refractivity contribution in [2.45, 2.75) is 189 Å². The summed E-state index contributed by atoms with van der Waals surface area (Å²) in [4.78, 5) is 224. The van der Waals surface area contributed by atoms with Gasteiger partial charge in [0.25, 0.3) is 0 Å². The molecule has 9 atom stereocenters. The van der Waals surface area contributed by atoms with Crippen LogP contribution in [-0.2, 0) is 109 Å². The number of rotatable bonds is 42. The Labute approximate surface area is 724 Å². The molecular weight excluding hydrogens is 1640 g/mol. The molecule has 39 nitrogen and oxygen atoms in total. The first kappa shape index (κ1) is 102. The predicted octanol–water partition coefficient (Wildman–Crippen LogP) is -1.72.